The monoisotopic (exact) mass is 197 g/mol. The summed E-state index contributed by atoms with van der Waals surface area (Å²) in [5, 5.41) is 20.0. The first-order valence-electron chi connectivity index (χ1n) is 4.83. The number of nitrogens with one attached hydrogen (secondary N) is 2. The zero-order chi connectivity index (χ0) is 10.9. The minimum atomic E-state index is -0.740. The number of hydrogen-bond donors (Lipinski definition) is 3. The second-order valence-corrected chi connectivity index (χ2v) is 4.33. The molecule has 4 nitrogen and oxygen atoms in total. The summed E-state index contributed by atoms with van der Waals surface area (Å²) in [4.78, 5) is 0. The van der Waals surface area contributed by atoms with Gasteiger partial charge in [-0.1, -0.05) is 0 Å². The number of hydrogen-bond acceptors (Lipinski definition) is 3. The number of anilines is 1. The summed E-state index contributed by atoms with van der Waals surface area (Å²) in [5.41, 5.74) is 2.17. The Hall–Kier alpha value is -1.03. The van der Waals surface area contributed by atoms with Gasteiger partial charge in [0.05, 0.1) is 28.7 Å². The van der Waals surface area contributed by atoms with Crippen molar-refractivity contribution in [2.75, 3.05) is 5.32 Å². The molecule has 0 bridgehead atoms. The van der Waals surface area contributed by atoms with Gasteiger partial charge in [0.1, 0.15) is 0 Å². The molecule has 0 fully saturated rings. The maximum atomic E-state index is 9.77. The van der Waals surface area contributed by atoms with Crippen molar-refractivity contribution in [2.24, 2.45) is 0 Å². The fourth-order valence-corrected chi connectivity index (χ4v) is 1.16. The van der Waals surface area contributed by atoms with E-state index in [9.17, 15) is 5.11 Å². The van der Waals surface area contributed by atoms with Crippen LogP contribution in [0.3, 0.4) is 0 Å². The predicted molar refractivity (Wildman–Crippen MR) is 57.4 cm³/mol. The Morgan fingerprint density at radius 1 is 1.43 bits per heavy atom. The van der Waals surface area contributed by atoms with Crippen LogP contribution in [0.1, 0.15) is 32.2 Å². The van der Waals surface area contributed by atoms with Gasteiger partial charge in [0, 0.05) is 0 Å². The number of nitrogens with zero attached hydrogens (tertiary/aromatic N) is 1. The second kappa shape index (κ2) is 3.61. The molecule has 1 aromatic rings. The molecule has 3 N–H and O–H groups in total. The minimum absolute atomic E-state index is 0.0162. The number of rotatable bonds is 3. The lowest BCUT2D eigenvalue weighted by Crippen LogP contribution is -2.39. The van der Waals surface area contributed by atoms with E-state index in [0.717, 1.165) is 17.1 Å². The van der Waals surface area contributed by atoms with Gasteiger partial charge in [0.25, 0.3) is 0 Å². The largest absolute Gasteiger partial charge is 0.388 e. The van der Waals surface area contributed by atoms with E-state index in [-0.39, 0.29) is 6.04 Å². The number of H-pyrrole nitrogens is 1. The molecule has 14 heavy (non-hydrogen) atoms. The van der Waals surface area contributed by atoms with Gasteiger partial charge >= 0.3 is 0 Å². The van der Waals surface area contributed by atoms with Crippen molar-refractivity contribution in [3.8, 4) is 0 Å². The zero-order valence-corrected chi connectivity index (χ0v) is 9.47. The fraction of sp³-hybridized carbons (Fsp3) is 0.700. The summed E-state index contributed by atoms with van der Waals surface area (Å²) in [6, 6.07) is -0.0162. The van der Waals surface area contributed by atoms with Crippen LogP contribution in [-0.4, -0.2) is 26.9 Å². The molecule has 0 spiro atoms. The van der Waals surface area contributed by atoms with E-state index in [1.54, 1.807) is 13.8 Å². The second-order valence-electron chi connectivity index (χ2n) is 4.33. The van der Waals surface area contributed by atoms with E-state index >= 15 is 0 Å². The average Bonchev–Trinajstić information content (AvgIpc) is 2.34. The van der Waals surface area contributed by atoms with E-state index in [1.165, 1.54) is 0 Å². The number of aromatic nitrogens is 2. The van der Waals surface area contributed by atoms with Crippen molar-refractivity contribution < 1.29 is 5.11 Å². The van der Waals surface area contributed by atoms with Crippen LogP contribution < -0.4 is 5.32 Å². The van der Waals surface area contributed by atoms with E-state index < -0.39 is 5.60 Å². The van der Waals surface area contributed by atoms with Crippen LogP contribution in [0.5, 0.6) is 0 Å². The minimum Gasteiger partial charge on any atom is -0.388 e. The first-order chi connectivity index (χ1) is 6.32. The number of aliphatic hydroxyl groups is 1. The van der Waals surface area contributed by atoms with Gasteiger partial charge in [0.2, 0.25) is 0 Å². The highest BCUT2D eigenvalue weighted by Gasteiger charge is 2.23. The molecule has 0 aliphatic carbocycles. The van der Waals surface area contributed by atoms with Crippen molar-refractivity contribution in [1.82, 2.24) is 10.2 Å². The summed E-state index contributed by atoms with van der Waals surface area (Å²) < 4.78 is 0. The number of aromatic amines is 1. The van der Waals surface area contributed by atoms with Gasteiger partial charge in [-0.25, -0.2) is 0 Å². The first-order valence-corrected chi connectivity index (χ1v) is 4.83. The zero-order valence-electron chi connectivity index (χ0n) is 9.47. The molecule has 0 saturated heterocycles. The van der Waals surface area contributed by atoms with Gasteiger partial charge < -0.3 is 10.4 Å². The maximum absolute atomic E-state index is 9.77. The van der Waals surface area contributed by atoms with Gasteiger partial charge in [0.15, 0.2) is 0 Å². The Morgan fingerprint density at radius 2 is 2.00 bits per heavy atom. The molecule has 4 heteroatoms. The highest BCUT2D eigenvalue weighted by Crippen LogP contribution is 2.20. The smallest absolute Gasteiger partial charge is 0.0825 e. The van der Waals surface area contributed by atoms with E-state index in [1.807, 2.05) is 20.8 Å². The molecule has 1 unspecified atom stereocenters. The Balaban J connectivity index is 2.79. The topological polar surface area (TPSA) is 60.9 Å². The highest BCUT2D eigenvalue weighted by atomic mass is 16.3. The Morgan fingerprint density at radius 3 is 2.36 bits per heavy atom. The molecule has 1 heterocycles. The molecular weight excluding hydrogens is 178 g/mol. The predicted octanol–water partition coefficient (Wildman–Crippen LogP) is 1.60. The van der Waals surface area contributed by atoms with Crippen molar-refractivity contribution in [2.45, 2.75) is 46.3 Å². The first kappa shape index (κ1) is 11.0. The third-order valence-electron chi connectivity index (χ3n) is 2.55. The molecule has 0 aromatic carbocycles. The van der Waals surface area contributed by atoms with Gasteiger partial charge in [-0.05, 0) is 34.6 Å². The van der Waals surface area contributed by atoms with E-state index in [4.69, 9.17) is 0 Å². The van der Waals surface area contributed by atoms with Crippen molar-refractivity contribution in [3.63, 3.8) is 0 Å². The highest BCUT2D eigenvalue weighted by molar-refractivity contribution is 5.52. The van der Waals surface area contributed by atoms with Gasteiger partial charge in [-0.3, -0.25) is 5.10 Å². The van der Waals surface area contributed by atoms with E-state index in [2.05, 4.69) is 15.5 Å². The average molecular weight is 197 g/mol. The maximum Gasteiger partial charge on any atom is 0.0825 e. The van der Waals surface area contributed by atoms with Crippen molar-refractivity contribution in [1.29, 1.82) is 0 Å². The van der Waals surface area contributed by atoms with Crippen LogP contribution in [0.25, 0.3) is 0 Å². The number of aryl methyl sites for hydroxylation is 2. The Kier molecular flexibility index (Phi) is 2.85. The lowest BCUT2D eigenvalue weighted by molar-refractivity contribution is 0.0649. The molecule has 0 radical (unpaired) electrons. The molecule has 0 aliphatic rings. The van der Waals surface area contributed by atoms with Crippen LogP contribution in [-0.2, 0) is 0 Å². The van der Waals surface area contributed by atoms with Crippen molar-refractivity contribution in [3.05, 3.63) is 11.4 Å². The van der Waals surface area contributed by atoms with Crippen LogP contribution in [0.2, 0.25) is 0 Å². The molecule has 0 saturated carbocycles. The molecule has 80 valence electrons. The van der Waals surface area contributed by atoms with Gasteiger partial charge in [-0.15, -0.1) is 0 Å². The lowest BCUT2D eigenvalue weighted by Gasteiger charge is -2.27. The summed E-state index contributed by atoms with van der Waals surface area (Å²) in [7, 11) is 0. The SMILES string of the molecule is Cc1n[nH]c(C)c1NC(C)C(C)(C)O. The quantitative estimate of drug-likeness (QED) is 0.689. The molecule has 0 aliphatic heterocycles. The standard InChI is InChI=1S/C10H19N3O/c1-6-9(7(2)13-12-6)11-8(3)10(4,5)14/h8,11,14H,1-5H3,(H,12,13). The third kappa shape index (κ3) is 2.26. The summed E-state index contributed by atoms with van der Waals surface area (Å²) in [6.07, 6.45) is 0. The van der Waals surface area contributed by atoms with Crippen LogP contribution in [0.15, 0.2) is 0 Å². The summed E-state index contributed by atoms with van der Waals surface area (Å²) in [5.74, 6) is 0. The van der Waals surface area contributed by atoms with Crippen LogP contribution in [0.4, 0.5) is 5.69 Å². The lowest BCUT2D eigenvalue weighted by atomic mass is 10.0. The third-order valence-corrected chi connectivity index (χ3v) is 2.55. The van der Waals surface area contributed by atoms with E-state index in [0.29, 0.717) is 0 Å². The Bertz CT molecular complexity index is 292. The molecular formula is C10H19N3O. The molecule has 1 rings (SSSR count). The molecule has 1 aromatic heterocycles. The van der Waals surface area contributed by atoms with Gasteiger partial charge in [-0.2, -0.15) is 5.10 Å². The van der Waals surface area contributed by atoms with Crippen molar-refractivity contribution >= 4 is 5.69 Å². The molecule has 0 amide bonds. The summed E-state index contributed by atoms with van der Waals surface area (Å²) in [6.45, 7) is 9.42. The Labute approximate surface area is 84.7 Å². The normalized spacial score (nSPS) is 14.1. The van der Waals surface area contributed by atoms with Crippen LogP contribution >= 0.6 is 0 Å². The van der Waals surface area contributed by atoms with Crippen LogP contribution in [0, 0.1) is 13.8 Å². The fourth-order valence-electron chi connectivity index (χ4n) is 1.16. The summed E-state index contributed by atoms with van der Waals surface area (Å²) >= 11 is 0. The molecule has 1 atom stereocenters.